The Kier molecular flexibility index (Phi) is 5.33. The molecule has 4 nitrogen and oxygen atoms in total. The fourth-order valence-electron chi connectivity index (χ4n) is 2.90. The first-order valence-electron chi connectivity index (χ1n) is 7.27. The van der Waals surface area contributed by atoms with E-state index in [-0.39, 0.29) is 4.90 Å². The van der Waals surface area contributed by atoms with E-state index in [0.29, 0.717) is 37.3 Å². The number of piperidine rings is 1. The lowest BCUT2D eigenvalue weighted by atomic mass is 9.94. The molecule has 0 spiro atoms. The maximum atomic E-state index is 13.0. The molecule has 0 aliphatic carbocycles. The first-order valence-corrected chi connectivity index (χ1v) is 9.50. The molecule has 118 valence electrons. The maximum absolute atomic E-state index is 13.0. The highest BCUT2D eigenvalue weighted by Crippen LogP contribution is 2.33. The largest absolute Gasteiger partial charge is 0.492 e. The fourth-order valence-corrected chi connectivity index (χ4v) is 5.25. The van der Waals surface area contributed by atoms with Gasteiger partial charge in [-0.1, -0.05) is 29.8 Å². The van der Waals surface area contributed by atoms with Crippen molar-refractivity contribution in [2.45, 2.75) is 32.1 Å². The number of nitrogens with zero attached hydrogens (tertiary/aromatic N) is 1. The Labute approximate surface area is 135 Å². The number of halogens is 1. The van der Waals surface area contributed by atoms with Crippen LogP contribution >= 0.6 is 15.9 Å². The van der Waals surface area contributed by atoms with Gasteiger partial charge in [-0.3, -0.25) is 0 Å². The second-order valence-electron chi connectivity index (χ2n) is 5.79. The third-order valence-corrected chi connectivity index (χ3v) is 6.00. The molecule has 0 bridgehead atoms. The Morgan fingerprint density at radius 2 is 1.90 bits per heavy atom. The molecule has 1 aliphatic heterocycles. The predicted molar refractivity (Wildman–Crippen MR) is 87.0 cm³/mol. The molecule has 1 aliphatic rings. The molecular formula is C15H22BrNO3S. The Balaban J connectivity index is 2.41. The first kappa shape index (κ1) is 16.8. The van der Waals surface area contributed by atoms with Gasteiger partial charge in [-0.15, -0.1) is 0 Å². The second-order valence-corrected chi connectivity index (χ2v) is 8.61. The SMILES string of the molecule is CCOc1ccc(Br)cc1S(=O)(=O)N1C[C@H](C)C[C@@H](C)C1. The topological polar surface area (TPSA) is 46.6 Å². The third-order valence-electron chi connectivity index (χ3n) is 3.66. The van der Waals surface area contributed by atoms with Crippen LogP contribution in [0.15, 0.2) is 27.6 Å². The van der Waals surface area contributed by atoms with Gasteiger partial charge in [-0.25, -0.2) is 8.42 Å². The van der Waals surface area contributed by atoms with Gasteiger partial charge in [-0.2, -0.15) is 4.31 Å². The number of hydrogen-bond donors (Lipinski definition) is 0. The summed E-state index contributed by atoms with van der Waals surface area (Å²) in [6.45, 7) is 7.64. The zero-order valence-corrected chi connectivity index (χ0v) is 15.1. The van der Waals surface area contributed by atoms with E-state index in [1.54, 1.807) is 22.5 Å². The van der Waals surface area contributed by atoms with Gasteiger partial charge in [-0.05, 0) is 43.4 Å². The lowest BCUT2D eigenvalue weighted by molar-refractivity contribution is 0.222. The summed E-state index contributed by atoms with van der Waals surface area (Å²) in [6, 6.07) is 5.13. The van der Waals surface area contributed by atoms with Gasteiger partial charge in [0.05, 0.1) is 6.61 Å². The van der Waals surface area contributed by atoms with Crippen LogP contribution in [0.3, 0.4) is 0 Å². The molecule has 21 heavy (non-hydrogen) atoms. The van der Waals surface area contributed by atoms with Crippen molar-refractivity contribution in [1.29, 1.82) is 0 Å². The molecule has 1 aromatic carbocycles. The number of sulfonamides is 1. The molecule has 0 unspecified atom stereocenters. The Bertz CT molecular complexity index is 593. The van der Waals surface area contributed by atoms with Crippen LogP contribution in [0.2, 0.25) is 0 Å². The molecule has 1 fully saturated rings. The molecule has 6 heteroatoms. The molecule has 0 amide bonds. The third kappa shape index (κ3) is 3.79. The van der Waals surface area contributed by atoms with E-state index < -0.39 is 10.0 Å². The van der Waals surface area contributed by atoms with Crippen LogP contribution in [0.25, 0.3) is 0 Å². The van der Waals surface area contributed by atoms with Gasteiger partial charge in [0.15, 0.2) is 0 Å². The number of benzene rings is 1. The minimum atomic E-state index is -3.52. The van der Waals surface area contributed by atoms with E-state index in [2.05, 4.69) is 29.8 Å². The van der Waals surface area contributed by atoms with Crippen molar-refractivity contribution in [3.63, 3.8) is 0 Å². The van der Waals surface area contributed by atoms with E-state index in [1.165, 1.54) is 0 Å². The normalized spacial score (nSPS) is 24.0. The molecule has 0 saturated carbocycles. The molecule has 1 heterocycles. The number of hydrogen-bond acceptors (Lipinski definition) is 3. The molecule has 2 atom stereocenters. The highest BCUT2D eigenvalue weighted by molar-refractivity contribution is 9.10. The molecule has 0 radical (unpaired) electrons. The Morgan fingerprint density at radius 1 is 1.29 bits per heavy atom. The average Bonchev–Trinajstić information content (AvgIpc) is 2.40. The Morgan fingerprint density at radius 3 is 2.48 bits per heavy atom. The van der Waals surface area contributed by atoms with Crippen molar-refractivity contribution in [2.75, 3.05) is 19.7 Å². The smallest absolute Gasteiger partial charge is 0.246 e. The Hall–Kier alpha value is -0.590. The minimum absolute atomic E-state index is 0.250. The van der Waals surface area contributed by atoms with Crippen LogP contribution in [0.1, 0.15) is 27.2 Å². The van der Waals surface area contributed by atoms with Crippen molar-refractivity contribution >= 4 is 26.0 Å². The van der Waals surface area contributed by atoms with Crippen LogP contribution in [-0.2, 0) is 10.0 Å². The van der Waals surface area contributed by atoms with Gasteiger partial charge in [0.1, 0.15) is 10.6 Å². The van der Waals surface area contributed by atoms with Gasteiger partial charge in [0, 0.05) is 17.6 Å². The van der Waals surface area contributed by atoms with Gasteiger partial charge in [0.2, 0.25) is 10.0 Å². The van der Waals surface area contributed by atoms with Crippen molar-refractivity contribution in [3.8, 4) is 5.75 Å². The number of rotatable bonds is 4. The van der Waals surface area contributed by atoms with Gasteiger partial charge >= 0.3 is 0 Å². The predicted octanol–water partition coefficient (Wildman–Crippen LogP) is 3.51. The number of ether oxygens (including phenoxy) is 1. The van der Waals surface area contributed by atoms with E-state index >= 15 is 0 Å². The monoisotopic (exact) mass is 375 g/mol. The van der Waals surface area contributed by atoms with Crippen LogP contribution in [0, 0.1) is 11.8 Å². The maximum Gasteiger partial charge on any atom is 0.246 e. The summed E-state index contributed by atoms with van der Waals surface area (Å²) >= 11 is 3.35. The molecule has 0 N–H and O–H groups in total. The van der Waals surface area contributed by atoms with Crippen molar-refractivity contribution in [3.05, 3.63) is 22.7 Å². The highest BCUT2D eigenvalue weighted by Gasteiger charge is 2.33. The summed E-state index contributed by atoms with van der Waals surface area (Å²) in [5.74, 6) is 1.18. The van der Waals surface area contributed by atoms with E-state index in [1.807, 2.05) is 6.92 Å². The van der Waals surface area contributed by atoms with Crippen molar-refractivity contribution < 1.29 is 13.2 Å². The summed E-state index contributed by atoms with van der Waals surface area (Å²) < 4.78 is 33.7. The van der Waals surface area contributed by atoms with Gasteiger partial charge in [0.25, 0.3) is 0 Å². The minimum Gasteiger partial charge on any atom is -0.492 e. The molecule has 0 aromatic heterocycles. The van der Waals surface area contributed by atoms with Crippen LogP contribution in [0.4, 0.5) is 0 Å². The summed E-state index contributed by atoms with van der Waals surface area (Å²) in [7, 11) is -3.52. The molecular weight excluding hydrogens is 354 g/mol. The fraction of sp³-hybridized carbons (Fsp3) is 0.600. The van der Waals surface area contributed by atoms with Crippen LogP contribution in [-0.4, -0.2) is 32.4 Å². The summed E-state index contributed by atoms with van der Waals surface area (Å²) in [5, 5.41) is 0. The van der Waals surface area contributed by atoms with Gasteiger partial charge < -0.3 is 4.74 Å². The van der Waals surface area contributed by atoms with E-state index in [0.717, 1.165) is 10.9 Å². The zero-order valence-electron chi connectivity index (χ0n) is 12.7. The highest BCUT2D eigenvalue weighted by atomic mass is 79.9. The quantitative estimate of drug-likeness (QED) is 0.808. The molecule has 1 aromatic rings. The van der Waals surface area contributed by atoms with E-state index in [9.17, 15) is 8.42 Å². The lowest BCUT2D eigenvalue weighted by Crippen LogP contribution is -2.42. The standard InChI is InChI=1S/C15H22BrNO3S/c1-4-20-14-6-5-13(16)8-15(14)21(18,19)17-9-11(2)7-12(3)10-17/h5-6,8,11-12H,4,7,9-10H2,1-3H3/t11-,12-/m1/s1. The summed E-state index contributed by atoms with van der Waals surface area (Å²) in [6.07, 6.45) is 1.07. The van der Waals surface area contributed by atoms with Crippen LogP contribution in [0.5, 0.6) is 5.75 Å². The molecule has 2 rings (SSSR count). The molecule has 1 saturated heterocycles. The first-order chi connectivity index (χ1) is 9.84. The summed E-state index contributed by atoms with van der Waals surface area (Å²) in [4.78, 5) is 0.250. The van der Waals surface area contributed by atoms with E-state index in [4.69, 9.17) is 4.74 Å². The van der Waals surface area contributed by atoms with Crippen molar-refractivity contribution in [1.82, 2.24) is 4.31 Å². The van der Waals surface area contributed by atoms with Crippen molar-refractivity contribution in [2.24, 2.45) is 11.8 Å². The van der Waals surface area contributed by atoms with Crippen LogP contribution < -0.4 is 4.74 Å². The average molecular weight is 376 g/mol. The summed E-state index contributed by atoms with van der Waals surface area (Å²) in [5.41, 5.74) is 0. The zero-order chi connectivity index (χ0) is 15.6. The second kappa shape index (κ2) is 6.67. The lowest BCUT2D eigenvalue weighted by Gasteiger charge is -2.34.